The molecule has 0 radical (unpaired) electrons. The molecule has 1 nitrogen and oxygen atoms in total. The van der Waals surface area contributed by atoms with Gasteiger partial charge in [0.15, 0.2) is 5.78 Å². The Morgan fingerprint density at radius 3 is 2.58 bits per heavy atom. The molecule has 0 fully saturated rings. The molecule has 0 saturated carbocycles. The number of allylic oxidation sites excluding steroid dienone is 4. The highest BCUT2D eigenvalue weighted by atomic mass is 16.1. The summed E-state index contributed by atoms with van der Waals surface area (Å²) >= 11 is 0. The highest BCUT2D eigenvalue weighted by Gasteiger charge is 2.25. The Bertz CT molecular complexity index is 506. The summed E-state index contributed by atoms with van der Waals surface area (Å²) in [5.74, 6) is 0.269. The number of unbranched alkanes of at least 4 members (excludes halogenated alkanes) is 3. The van der Waals surface area contributed by atoms with Gasteiger partial charge in [-0.3, -0.25) is 4.79 Å². The van der Waals surface area contributed by atoms with Crippen LogP contribution < -0.4 is 0 Å². The van der Waals surface area contributed by atoms with Crippen molar-refractivity contribution in [3.05, 3.63) is 53.1 Å². The number of hydrogen-bond donors (Lipinski definition) is 0. The third kappa shape index (κ3) is 3.23. The Balaban J connectivity index is 2.19. The Hall–Kier alpha value is -1.63. The van der Waals surface area contributed by atoms with Gasteiger partial charge >= 0.3 is 0 Å². The summed E-state index contributed by atoms with van der Waals surface area (Å²) in [5.41, 5.74) is 4.39. The number of Topliss-reactive ketones (excluding diaryl/α,β-unsaturated/α-hetero) is 1. The zero-order chi connectivity index (χ0) is 13.7. The second-order valence-corrected chi connectivity index (χ2v) is 5.19. The predicted molar refractivity (Wildman–Crippen MR) is 80.9 cm³/mol. The van der Waals surface area contributed by atoms with Gasteiger partial charge in [-0.25, -0.2) is 0 Å². The van der Waals surface area contributed by atoms with E-state index in [1.54, 1.807) is 0 Å². The Morgan fingerprint density at radius 1 is 1.16 bits per heavy atom. The molecule has 19 heavy (non-hydrogen) atoms. The van der Waals surface area contributed by atoms with Gasteiger partial charge < -0.3 is 0 Å². The van der Waals surface area contributed by atoms with E-state index in [4.69, 9.17) is 0 Å². The summed E-state index contributed by atoms with van der Waals surface area (Å²) in [5, 5.41) is 0. The zero-order valence-electron chi connectivity index (χ0n) is 11.9. The summed E-state index contributed by atoms with van der Waals surface area (Å²) in [6.07, 6.45) is 7.68. The molecular weight excluding hydrogens is 232 g/mol. The summed E-state index contributed by atoms with van der Waals surface area (Å²) in [6.45, 7) is 4.30. The fourth-order valence-electron chi connectivity index (χ4n) is 2.64. The van der Waals surface area contributed by atoms with E-state index in [9.17, 15) is 4.79 Å². The molecule has 0 aliphatic heterocycles. The van der Waals surface area contributed by atoms with E-state index in [0.29, 0.717) is 6.42 Å². The molecule has 0 saturated heterocycles. The number of hydrogen-bond acceptors (Lipinski definition) is 1. The molecule has 1 aliphatic rings. The zero-order valence-corrected chi connectivity index (χ0v) is 11.9. The Morgan fingerprint density at radius 2 is 1.89 bits per heavy atom. The van der Waals surface area contributed by atoms with Gasteiger partial charge in [0.25, 0.3) is 0 Å². The number of carbonyl (C=O) groups is 1. The quantitative estimate of drug-likeness (QED) is 0.680. The minimum atomic E-state index is 0.269. The van der Waals surface area contributed by atoms with E-state index < -0.39 is 0 Å². The molecule has 0 aromatic heterocycles. The lowest BCUT2D eigenvalue weighted by molar-refractivity contribution is -0.112. The second-order valence-electron chi connectivity index (χ2n) is 5.19. The van der Waals surface area contributed by atoms with E-state index in [2.05, 4.69) is 19.9 Å². The third-order valence-electron chi connectivity index (χ3n) is 3.75. The first-order chi connectivity index (χ1) is 9.24. The summed E-state index contributed by atoms with van der Waals surface area (Å²) in [6, 6.07) is 10.0. The summed E-state index contributed by atoms with van der Waals surface area (Å²) in [7, 11) is 0. The monoisotopic (exact) mass is 254 g/mol. The van der Waals surface area contributed by atoms with Crippen molar-refractivity contribution >= 4 is 11.4 Å². The minimum Gasteiger partial charge on any atom is -0.294 e. The van der Waals surface area contributed by atoms with Crippen molar-refractivity contribution in [2.75, 3.05) is 0 Å². The van der Waals surface area contributed by atoms with Crippen molar-refractivity contribution < 1.29 is 4.79 Å². The lowest BCUT2D eigenvalue weighted by Crippen LogP contribution is -1.95. The van der Waals surface area contributed by atoms with Gasteiger partial charge in [0, 0.05) is 12.0 Å². The van der Waals surface area contributed by atoms with Crippen LogP contribution in [0.4, 0.5) is 0 Å². The number of carbonyl (C=O) groups excluding carboxylic acids is 1. The molecule has 0 amide bonds. The maximum atomic E-state index is 12.2. The molecule has 0 unspecified atom stereocenters. The van der Waals surface area contributed by atoms with Crippen molar-refractivity contribution in [2.45, 2.75) is 46.0 Å². The highest BCUT2D eigenvalue weighted by molar-refractivity contribution is 6.26. The van der Waals surface area contributed by atoms with Gasteiger partial charge in [-0.2, -0.15) is 0 Å². The molecule has 0 heterocycles. The molecule has 0 atom stereocenters. The van der Waals surface area contributed by atoms with Crippen molar-refractivity contribution in [2.24, 2.45) is 0 Å². The van der Waals surface area contributed by atoms with Crippen LogP contribution in [0.15, 0.2) is 47.6 Å². The first kappa shape index (κ1) is 13.8. The largest absolute Gasteiger partial charge is 0.294 e. The third-order valence-corrected chi connectivity index (χ3v) is 3.75. The molecule has 1 heteroatoms. The smallest absolute Gasteiger partial charge is 0.168 e. The van der Waals surface area contributed by atoms with E-state index >= 15 is 0 Å². The van der Waals surface area contributed by atoms with E-state index in [1.165, 1.54) is 30.4 Å². The number of ketones is 1. The van der Waals surface area contributed by atoms with Crippen LogP contribution in [-0.2, 0) is 4.79 Å². The van der Waals surface area contributed by atoms with Gasteiger partial charge in [0.1, 0.15) is 0 Å². The van der Waals surface area contributed by atoms with E-state index in [0.717, 1.165) is 17.6 Å². The molecule has 100 valence electrons. The van der Waals surface area contributed by atoms with E-state index in [-0.39, 0.29) is 5.78 Å². The van der Waals surface area contributed by atoms with Gasteiger partial charge in [0.2, 0.25) is 0 Å². The average molecular weight is 254 g/mol. The van der Waals surface area contributed by atoms with Crippen LogP contribution in [0.2, 0.25) is 0 Å². The van der Waals surface area contributed by atoms with Gasteiger partial charge in [-0.1, -0.05) is 56.2 Å². The Labute approximate surface area is 116 Å². The fourth-order valence-corrected chi connectivity index (χ4v) is 2.64. The fraction of sp³-hybridized carbons (Fsp3) is 0.389. The first-order valence-corrected chi connectivity index (χ1v) is 7.23. The Kier molecular flexibility index (Phi) is 4.73. The van der Waals surface area contributed by atoms with Crippen LogP contribution in [0.3, 0.4) is 0 Å². The molecule has 1 aliphatic carbocycles. The van der Waals surface area contributed by atoms with Crippen LogP contribution in [0.25, 0.3) is 5.57 Å². The van der Waals surface area contributed by atoms with Crippen LogP contribution in [0, 0.1) is 0 Å². The molecule has 1 aromatic carbocycles. The second kappa shape index (κ2) is 6.51. The van der Waals surface area contributed by atoms with E-state index in [1.807, 2.05) is 30.3 Å². The predicted octanol–water partition coefficient (Wildman–Crippen LogP) is 4.94. The van der Waals surface area contributed by atoms with Crippen LogP contribution in [0.1, 0.15) is 51.5 Å². The maximum absolute atomic E-state index is 12.2. The highest BCUT2D eigenvalue weighted by Crippen LogP contribution is 2.35. The summed E-state index contributed by atoms with van der Waals surface area (Å²) in [4.78, 5) is 12.2. The molecule has 2 rings (SSSR count). The topological polar surface area (TPSA) is 17.1 Å². The van der Waals surface area contributed by atoms with Crippen molar-refractivity contribution in [1.29, 1.82) is 0 Å². The first-order valence-electron chi connectivity index (χ1n) is 7.23. The minimum absolute atomic E-state index is 0.269. The normalized spacial score (nSPS) is 17.6. The van der Waals surface area contributed by atoms with Crippen LogP contribution in [-0.4, -0.2) is 5.78 Å². The van der Waals surface area contributed by atoms with Gasteiger partial charge in [0.05, 0.1) is 0 Å². The summed E-state index contributed by atoms with van der Waals surface area (Å²) < 4.78 is 0. The standard InChI is InChI=1S/C18H22O/c1-3-4-5-7-12-16-13-17(19)18(14(16)2)15-10-8-6-9-11-15/h6,8-12H,3-5,7,13H2,1-2H3/b16-12-. The van der Waals surface area contributed by atoms with Gasteiger partial charge in [-0.05, 0) is 36.5 Å². The number of benzene rings is 1. The average Bonchev–Trinajstić information content (AvgIpc) is 2.71. The van der Waals surface area contributed by atoms with Gasteiger partial charge in [-0.15, -0.1) is 0 Å². The number of rotatable bonds is 5. The molecule has 1 aromatic rings. The lowest BCUT2D eigenvalue weighted by Gasteiger charge is -2.02. The lowest BCUT2D eigenvalue weighted by atomic mass is 10.0. The molecule has 0 bridgehead atoms. The molecule has 0 spiro atoms. The van der Waals surface area contributed by atoms with Crippen molar-refractivity contribution in [3.63, 3.8) is 0 Å². The van der Waals surface area contributed by atoms with Crippen LogP contribution >= 0.6 is 0 Å². The van der Waals surface area contributed by atoms with Crippen LogP contribution in [0.5, 0.6) is 0 Å². The van der Waals surface area contributed by atoms with Crippen molar-refractivity contribution in [3.8, 4) is 0 Å². The maximum Gasteiger partial charge on any atom is 0.168 e. The molecular formula is C18H22O. The molecule has 0 N–H and O–H groups in total. The SMILES string of the molecule is CCCCC/C=C1/CC(=O)C(c2ccccc2)=C1C. The van der Waals surface area contributed by atoms with Crippen molar-refractivity contribution in [1.82, 2.24) is 0 Å².